The highest BCUT2D eigenvalue weighted by Gasteiger charge is 2.26. The lowest BCUT2D eigenvalue weighted by Crippen LogP contribution is -2.19. The van der Waals surface area contributed by atoms with Crippen molar-refractivity contribution in [3.63, 3.8) is 0 Å². The molecule has 3 nitrogen and oxygen atoms in total. The Morgan fingerprint density at radius 1 is 1.05 bits per heavy atom. The van der Waals surface area contributed by atoms with E-state index < -0.39 is 9.84 Å². The van der Waals surface area contributed by atoms with E-state index in [1.54, 1.807) is 25.1 Å². The summed E-state index contributed by atoms with van der Waals surface area (Å²) in [7, 11) is -3.33. The maximum absolute atomic E-state index is 12.8. The number of hydrogen-bond donors (Lipinski definition) is 0. The highest BCUT2D eigenvalue weighted by atomic mass is 32.2. The van der Waals surface area contributed by atoms with Crippen LogP contribution in [0.1, 0.15) is 59.8 Å². The second-order valence-electron chi connectivity index (χ2n) is 6.33. The third kappa shape index (κ3) is 5.64. The first-order valence-electron chi connectivity index (χ1n) is 8.35. The van der Waals surface area contributed by atoms with Crippen LogP contribution < -0.4 is 4.74 Å². The van der Waals surface area contributed by atoms with Crippen LogP contribution in [0, 0.1) is 5.92 Å². The summed E-state index contributed by atoms with van der Waals surface area (Å²) in [5, 5.41) is -0.379. The molecular weight excluding hydrogens is 296 g/mol. The molecule has 0 radical (unpaired) electrons. The average molecular weight is 327 g/mol. The van der Waals surface area contributed by atoms with Gasteiger partial charge in [-0.25, -0.2) is 8.42 Å². The topological polar surface area (TPSA) is 43.4 Å². The van der Waals surface area contributed by atoms with Crippen molar-refractivity contribution in [3.05, 3.63) is 24.3 Å². The summed E-state index contributed by atoms with van der Waals surface area (Å²) in [4.78, 5) is 0.336. The van der Waals surface area contributed by atoms with Crippen LogP contribution in [0.4, 0.5) is 0 Å². The summed E-state index contributed by atoms with van der Waals surface area (Å²) in [5.41, 5.74) is 0. The van der Waals surface area contributed by atoms with Gasteiger partial charge in [0.05, 0.1) is 11.9 Å². The van der Waals surface area contributed by atoms with Gasteiger partial charge in [-0.3, -0.25) is 0 Å². The number of benzene rings is 1. The summed E-state index contributed by atoms with van der Waals surface area (Å²) < 4.78 is 31.3. The van der Waals surface area contributed by atoms with Gasteiger partial charge >= 0.3 is 0 Å². The van der Waals surface area contributed by atoms with Crippen molar-refractivity contribution in [1.82, 2.24) is 0 Å². The minimum Gasteiger partial charge on any atom is -0.492 e. The lowest BCUT2D eigenvalue weighted by atomic mass is 10.1. The van der Waals surface area contributed by atoms with Crippen molar-refractivity contribution in [1.29, 1.82) is 0 Å². The van der Waals surface area contributed by atoms with Gasteiger partial charge in [-0.2, -0.15) is 0 Å². The van der Waals surface area contributed by atoms with Gasteiger partial charge in [-0.1, -0.05) is 45.7 Å². The fourth-order valence-electron chi connectivity index (χ4n) is 2.28. The fraction of sp³-hybridized carbons (Fsp3) is 0.667. The lowest BCUT2D eigenvalue weighted by molar-refractivity contribution is 0.298. The Morgan fingerprint density at radius 3 is 2.36 bits per heavy atom. The Bertz CT molecular complexity index is 535. The van der Waals surface area contributed by atoms with Gasteiger partial charge < -0.3 is 4.74 Å². The first-order chi connectivity index (χ1) is 10.4. The molecule has 0 fully saturated rings. The Hall–Kier alpha value is -1.03. The Morgan fingerprint density at radius 2 is 1.73 bits per heavy atom. The summed E-state index contributed by atoms with van der Waals surface area (Å²) >= 11 is 0. The van der Waals surface area contributed by atoms with Crippen LogP contribution in [0.2, 0.25) is 0 Å². The first kappa shape index (κ1) is 19.0. The molecule has 0 aliphatic carbocycles. The number of hydrogen-bond acceptors (Lipinski definition) is 3. The van der Waals surface area contributed by atoms with E-state index in [2.05, 4.69) is 20.8 Å². The molecule has 4 heteroatoms. The Labute approximate surface area is 136 Å². The standard InChI is InChI=1S/C18H30O3S/c1-5-6-9-14-21-17-10-7-8-11-18(17)22(19,20)16(4)13-12-15(2)3/h7-8,10-11,15-16H,5-6,9,12-14H2,1-4H3. The van der Waals surface area contributed by atoms with Crippen molar-refractivity contribution < 1.29 is 13.2 Å². The fourth-order valence-corrected chi connectivity index (χ4v) is 3.83. The minimum absolute atomic E-state index is 0.336. The molecule has 126 valence electrons. The second-order valence-corrected chi connectivity index (χ2v) is 8.66. The van der Waals surface area contributed by atoms with Gasteiger partial charge in [0.1, 0.15) is 10.6 Å². The molecular formula is C18H30O3S. The zero-order valence-corrected chi connectivity index (χ0v) is 15.2. The largest absolute Gasteiger partial charge is 0.492 e. The van der Waals surface area contributed by atoms with Crippen molar-refractivity contribution in [2.24, 2.45) is 5.92 Å². The van der Waals surface area contributed by atoms with E-state index >= 15 is 0 Å². The van der Waals surface area contributed by atoms with Gasteiger partial charge in [0.2, 0.25) is 0 Å². The third-order valence-electron chi connectivity index (χ3n) is 3.84. The van der Waals surface area contributed by atoms with Crippen molar-refractivity contribution in [2.75, 3.05) is 6.61 Å². The van der Waals surface area contributed by atoms with Crippen LogP contribution in [-0.4, -0.2) is 20.3 Å². The molecule has 1 rings (SSSR count). The molecule has 0 heterocycles. The smallest absolute Gasteiger partial charge is 0.184 e. The summed E-state index contributed by atoms with van der Waals surface area (Å²) in [6, 6.07) is 7.01. The first-order valence-corrected chi connectivity index (χ1v) is 9.90. The van der Waals surface area contributed by atoms with Crippen LogP contribution in [-0.2, 0) is 9.84 Å². The summed E-state index contributed by atoms with van der Waals surface area (Å²) in [6.45, 7) is 8.73. The quantitative estimate of drug-likeness (QED) is 0.577. The van der Waals surface area contributed by atoms with E-state index in [4.69, 9.17) is 4.74 Å². The lowest BCUT2D eigenvalue weighted by Gasteiger charge is -2.17. The molecule has 1 aromatic carbocycles. The van der Waals surface area contributed by atoms with E-state index in [1.165, 1.54) is 0 Å². The van der Waals surface area contributed by atoms with E-state index in [1.807, 2.05) is 6.07 Å². The molecule has 0 bridgehead atoms. The van der Waals surface area contributed by atoms with Crippen LogP contribution in [0.5, 0.6) is 5.75 Å². The van der Waals surface area contributed by atoms with Crippen molar-refractivity contribution in [3.8, 4) is 5.75 Å². The maximum atomic E-state index is 12.8. The molecule has 0 aliphatic heterocycles. The summed E-state index contributed by atoms with van der Waals surface area (Å²) in [5.74, 6) is 1.01. The van der Waals surface area contributed by atoms with Crippen molar-refractivity contribution >= 4 is 9.84 Å². The summed E-state index contributed by atoms with van der Waals surface area (Å²) in [6.07, 6.45) is 4.77. The zero-order chi connectivity index (χ0) is 16.6. The Kier molecular flexibility index (Phi) is 7.94. The average Bonchev–Trinajstić information content (AvgIpc) is 2.49. The predicted molar refractivity (Wildman–Crippen MR) is 92.2 cm³/mol. The molecule has 22 heavy (non-hydrogen) atoms. The molecule has 0 amide bonds. The molecule has 0 N–H and O–H groups in total. The Balaban J connectivity index is 2.85. The van der Waals surface area contributed by atoms with E-state index in [9.17, 15) is 8.42 Å². The number of ether oxygens (including phenoxy) is 1. The van der Waals surface area contributed by atoms with Gasteiger partial charge in [-0.05, 0) is 44.2 Å². The normalized spacial score (nSPS) is 13.3. The highest BCUT2D eigenvalue weighted by Crippen LogP contribution is 2.29. The molecule has 0 spiro atoms. The second kappa shape index (κ2) is 9.19. The van der Waals surface area contributed by atoms with Gasteiger partial charge in [0.15, 0.2) is 9.84 Å². The molecule has 0 aliphatic rings. The van der Waals surface area contributed by atoms with Crippen LogP contribution in [0.15, 0.2) is 29.2 Å². The highest BCUT2D eigenvalue weighted by molar-refractivity contribution is 7.92. The molecule has 1 unspecified atom stereocenters. The van der Waals surface area contributed by atoms with Crippen molar-refractivity contribution in [2.45, 2.75) is 69.9 Å². The predicted octanol–water partition coefficient (Wildman–Crippen LogP) is 4.85. The van der Waals surface area contributed by atoms with Crippen LogP contribution in [0.25, 0.3) is 0 Å². The molecule has 0 saturated heterocycles. The zero-order valence-electron chi connectivity index (χ0n) is 14.3. The van der Waals surface area contributed by atoms with E-state index in [0.29, 0.717) is 29.6 Å². The molecule has 1 atom stereocenters. The van der Waals surface area contributed by atoms with E-state index in [-0.39, 0.29) is 5.25 Å². The molecule has 0 saturated carbocycles. The number of unbranched alkanes of at least 4 members (excludes halogenated alkanes) is 2. The van der Waals surface area contributed by atoms with E-state index in [0.717, 1.165) is 25.7 Å². The number of para-hydroxylation sites is 1. The van der Waals surface area contributed by atoms with Gasteiger partial charge in [-0.15, -0.1) is 0 Å². The number of rotatable bonds is 10. The minimum atomic E-state index is -3.33. The van der Waals surface area contributed by atoms with Gasteiger partial charge in [0.25, 0.3) is 0 Å². The molecule has 1 aromatic rings. The monoisotopic (exact) mass is 326 g/mol. The van der Waals surface area contributed by atoms with Crippen LogP contribution in [0.3, 0.4) is 0 Å². The number of sulfone groups is 1. The third-order valence-corrected chi connectivity index (χ3v) is 6.09. The maximum Gasteiger partial charge on any atom is 0.184 e. The van der Waals surface area contributed by atoms with Crippen LogP contribution >= 0.6 is 0 Å². The molecule has 0 aromatic heterocycles. The SMILES string of the molecule is CCCCCOc1ccccc1S(=O)(=O)C(C)CCC(C)C. The van der Waals surface area contributed by atoms with Gasteiger partial charge in [0, 0.05) is 0 Å².